The van der Waals surface area contributed by atoms with Crippen LogP contribution in [0.5, 0.6) is 0 Å². The fraction of sp³-hybridized carbons (Fsp3) is 0.524. The first-order valence-electron chi connectivity index (χ1n) is 10.6. The molecule has 0 aromatic carbocycles. The Morgan fingerprint density at radius 3 is 2.65 bits per heavy atom. The van der Waals surface area contributed by atoms with Gasteiger partial charge in [0.15, 0.2) is 11.3 Å². The van der Waals surface area contributed by atoms with Crippen LogP contribution in [-0.2, 0) is 7.05 Å². The number of rotatable bonds is 4. The third-order valence-corrected chi connectivity index (χ3v) is 6.34. The summed E-state index contributed by atoms with van der Waals surface area (Å²) >= 11 is 6.39. The van der Waals surface area contributed by atoms with Crippen molar-refractivity contribution in [1.29, 1.82) is 0 Å². The van der Waals surface area contributed by atoms with E-state index in [-0.39, 0.29) is 34.9 Å². The summed E-state index contributed by atoms with van der Waals surface area (Å²) in [6, 6.07) is 2.65. The Morgan fingerprint density at radius 1 is 1.16 bits per heavy atom. The standard InChI is InChI=1S/C21H23ClF2N6O/c1-28-11-13(22)19(27-28)16-5-3-2-4-8-29(16)21(31)15-10-18-25-14(12-6-7-12)9-17(20(23)24)30(18)26-15/h9-12,16,20H,2-8H2,1H3/t16-/m0/s1. The van der Waals surface area contributed by atoms with Crippen LogP contribution in [0.25, 0.3) is 5.65 Å². The molecule has 31 heavy (non-hydrogen) atoms. The predicted molar refractivity (Wildman–Crippen MR) is 110 cm³/mol. The largest absolute Gasteiger partial charge is 0.329 e. The Hall–Kier alpha value is -2.55. The van der Waals surface area contributed by atoms with E-state index in [1.165, 1.54) is 12.1 Å². The smallest absolute Gasteiger partial charge is 0.280 e. The van der Waals surface area contributed by atoms with E-state index >= 15 is 0 Å². The maximum absolute atomic E-state index is 13.7. The molecule has 0 spiro atoms. The van der Waals surface area contributed by atoms with Gasteiger partial charge in [-0.3, -0.25) is 9.48 Å². The second-order valence-electron chi connectivity index (χ2n) is 8.38. The van der Waals surface area contributed by atoms with Gasteiger partial charge in [-0.1, -0.05) is 24.4 Å². The van der Waals surface area contributed by atoms with Crippen LogP contribution in [0, 0.1) is 0 Å². The van der Waals surface area contributed by atoms with Crippen molar-refractivity contribution in [3.63, 3.8) is 0 Å². The molecule has 0 N–H and O–H groups in total. The number of halogens is 3. The van der Waals surface area contributed by atoms with E-state index in [0.29, 0.717) is 23.0 Å². The number of fused-ring (bicyclic) bond motifs is 1. The molecule has 2 aliphatic rings. The van der Waals surface area contributed by atoms with E-state index in [1.807, 2.05) is 0 Å². The van der Waals surface area contributed by atoms with Crippen molar-refractivity contribution in [3.8, 4) is 0 Å². The predicted octanol–water partition coefficient (Wildman–Crippen LogP) is 4.69. The molecular weight excluding hydrogens is 426 g/mol. The SMILES string of the molecule is Cn1cc(Cl)c([C@@H]2CCCCCN2C(=O)c2cc3nc(C4CC4)cc(C(F)F)n3n2)n1. The summed E-state index contributed by atoms with van der Waals surface area (Å²) in [5, 5.41) is 9.23. The summed E-state index contributed by atoms with van der Waals surface area (Å²) in [4.78, 5) is 19.7. The number of nitrogens with zero attached hydrogens (tertiary/aromatic N) is 6. The lowest BCUT2D eigenvalue weighted by molar-refractivity contribution is 0.0669. The molecule has 3 aromatic heterocycles. The maximum Gasteiger partial charge on any atom is 0.280 e. The molecule has 1 saturated carbocycles. The second kappa shape index (κ2) is 7.85. The van der Waals surface area contributed by atoms with E-state index in [0.717, 1.165) is 43.0 Å². The first-order valence-corrected chi connectivity index (χ1v) is 11.0. The molecule has 0 bridgehead atoms. The Morgan fingerprint density at radius 2 is 1.97 bits per heavy atom. The van der Waals surface area contributed by atoms with Crippen LogP contribution in [0.1, 0.15) is 84.5 Å². The number of aryl methyl sites for hydroxylation is 1. The quantitative estimate of drug-likeness (QED) is 0.580. The van der Waals surface area contributed by atoms with Gasteiger partial charge in [0, 0.05) is 37.5 Å². The molecule has 7 nitrogen and oxygen atoms in total. The summed E-state index contributed by atoms with van der Waals surface area (Å²) in [7, 11) is 1.79. The second-order valence-corrected chi connectivity index (χ2v) is 8.79. The van der Waals surface area contributed by atoms with Crippen molar-refractivity contribution in [2.75, 3.05) is 6.54 Å². The number of hydrogen-bond donors (Lipinski definition) is 0. The van der Waals surface area contributed by atoms with Gasteiger partial charge in [-0.2, -0.15) is 10.2 Å². The highest BCUT2D eigenvalue weighted by molar-refractivity contribution is 6.31. The van der Waals surface area contributed by atoms with Crippen LogP contribution in [0.15, 0.2) is 18.3 Å². The number of likely N-dealkylation sites (tertiary alicyclic amines) is 1. The number of amides is 1. The topological polar surface area (TPSA) is 68.3 Å². The van der Waals surface area contributed by atoms with Gasteiger partial charge in [0.1, 0.15) is 11.4 Å². The molecule has 10 heteroatoms. The van der Waals surface area contributed by atoms with Crippen molar-refractivity contribution in [2.24, 2.45) is 7.05 Å². The van der Waals surface area contributed by atoms with E-state index in [9.17, 15) is 13.6 Å². The van der Waals surface area contributed by atoms with Gasteiger partial charge in [0.2, 0.25) is 0 Å². The fourth-order valence-corrected chi connectivity index (χ4v) is 4.66. The van der Waals surface area contributed by atoms with Crippen molar-refractivity contribution >= 4 is 23.2 Å². The average molecular weight is 449 g/mol. The number of carbonyl (C=O) groups excluding carboxylic acids is 1. The molecule has 0 unspecified atom stereocenters. The average Bonchev–Trinajstić information content (AvgIpc) is 3.46. The highest BCUT2D eigenvalue weighted by Crippen LogP contribution is 2.40. The Balaban J connectivity index is 1.54. The minimum atomic E-state index is -2.70. The summed E-state index contributed by atoms with van der Waals surface area (Å²) < 4.78 is 30.1. The molecule has 3 aromatic rings. The molecule has 5 rings (SSSR count). The molecule has 2 fully saturated rings. The van der Waals surface area contributed by atoms with Gasteiger partial charge in [-0.15, -0.1) is 0 Å². The Bertz CT molecular complexity index is 1140. The van der Waals surface area contributed by atoms with E-state index in [4.69, 9.17) is 11.6 Å². The summed E-state index contributed by atoms with van der Waals surface area (Å²) in [5.41, 5.74) is 1.47. The minimum absolute atomic E-state index is 0.112. The third kappa shape index (κ3) is 3.79. The van der Waals surface area contributed by atoms with Gasteiger partial charge in [0.25, 0.3) is 12.3 Å². The highest BCUT2D eigenvalue weighted by atomic mass is 35.5. The number of carbonyl (C=O) groups is 1. The molecule has 1 amide bonds. The molecule has 1 aliphatic heterocycles. The van der Waals surface area contributed by atoms with Crippen LogP contribution >= 0.6 is 11.6 Å². The lowest BCUT2D eigenvalue weighted by atomic mass is 10.1. The van der Waals surface area contributed by atoms with E-state index in [2.05, 4.69) is 15.2 Å². The van der Waals surface area contributed by atoms with Crippen molar-refractivity contribution < 1.29 is 13.6 Å². The molecule has 0 radical (unpaired) electrons. The number of hydrogen-bond acceptors (Lipinski definition) is 4. The molecule has 1 saturated heterocycles. The van der Waals surface area contributed by atoms with Crippen molar-refractivity contribution in [2.45, 2.75) is 56.9 Å². The van der Waals surface area contributed by atoms with Gasteiger partial charge in [-0.25, -0.2) is 18.3 Å². The third-order valence-electron chi connectivity index (χ3n) is 6.05. The normalized spacial score (nSPS) is 19.9. The van der Waals surface area contributed by atoms with Crippen LogP contribution in [0.2, 0.25) is 5.02 Å². The number of aromatic nitrogens is 5. The van der Waals surface area contributed by atoms with Crippen LogP contribution in [0.3, 0.4) is 0 Å². The molecule has 164 valence electrons. The minimum Gasteiger partial charge on any atom is -0.329 e. The first kappa shape index (κ1) is 20.4. The Kier molecular flexibility index (Phi) is 5.16. The van der Waals surface area contributed by atoms with Crippen LogP contribution in [0.4, 0.5) is 8.78 Å². The van der Waals surface area contributed by atoms with Crippen LogP contribution < -0.4 is 0 Å². The zero-order chi connectivity index (χ0) is 21.7. The number of alkyl halides is 2. The zero-order valence-electron chi connectivity index (χ0n) is 17.1. The Labute approximate surface area is 183 Å². The van der Waals surface area contributed by atoms with Crippen molar-refractivity contribution in [1.82, 2.24) is 29.3 Å². The fourth-order valence-electron chi connectivity index (χ4n) is 4.35. The first-order chi connectivity index (χ1) is 14.9. The molecule has 1 aliphatic carbocycles. The maximum atomic E-state index is 13.7. The zero-order valence-corrected chi connectivity index (χ0v) is 17.9. The monoisotopic (exact) mass is 448 g/mol. The lowest BCUT2D eigenvalue weighted by Crippen LogP contribution is -2.35. The summed E-state index contributed by atoms with van der Waals surface area (Å²) in [6.07, 6.45) is 4.45. The lowest BCUT2D eigenvalue weighted by Gasteiger charge is -2.28. The van der Waals surface area contributed by atoms with Gasteiger partial charge < -0.3 is 4.90 Å². The van der Waals surface area contributed by atoms with E-state index < -0.39 is 6.43 Å². The van der Waals surface area contributed by atoms with Gasteiger partial charge in [-0.05, 0) is 31.7 Å². The van der Waals surface area contributed by atoms with Crippen LogP contribution in [-0.4, -0.2) is 41.7 Å². The van der Waals surface area contributed by atoms with Crippen molar-refractivity contribution in [3.05, 3.63) is 46.1 Å². The van der Waals surface area contributed by atoms with E-state index in [1.54, 1.807) is 22.8 Å². The van der Waals surface area contributed by atoms with Gasteiger partial charge in [0.05, 0.1) is 11.1 Å². The highest BCUT2D eigenvalue weighted by Gasteiger charge is 2.33. The summed E-state index contributed by atoms with van der Waals surface area (Å²) in [5.74, 6) is -0.0925. The molecule has 1 atom stereocenters. The molecule has 4 heterocycles. The van der Waals surface area contributed by atoms with Gasteiger partial charge >= 0.3 is 0 Å². The molecular formula is C21H23ClF2N6O. The summed E-state index contributed by atoms with van der Waals surface area (Å²) in [6.45, 7) is 0.534.